The van der Waals surface area contributed by atoms with Gasteiger partial charge < -0.3 is 4.90 Å². The van der Waals surface area contributed by atoms with Crippen LogP contribution >= 0.6 is 22.7 Å². The highest BCUT2D eigenvalue weighted by molar-refractivity contribution is 7.33. The molecule has 0 radical (unpaired) electrons. The fourth-order valence-electron chi connectivity index (χ4n) is 3.59. The number of benzene rings is 3. The molecule has 0 aliphatic heterocycles. The number of para-hydroxylation sites is 2. The fourth-order valence-corrected chi connectivity index (χ4v) is 6.10. The second kappa shape index (κ2) is 8.08. The molecule has 5 rings (SSSR count). The van der Waals surface area contributed by atoms with Gasteiger partial charge in [-0.2, -0.15) is 0 Å². The van der Waals surface area contributed by atoms with E-state index in [0.29, 0.717) is 0 Å². The SMILES string of the molecule is [C-]#[N+]/C(C#N)=C\c1cc2sc3cc(N(c4ccccc4)c4ccccc4)ccc3c2s1. The molecule has 0 saturated heterocycles. The topological polar surface area (TPSA) is 31.4 Å². The lowest BCUT2D eigenvalue weighted by Gasteiger charge is -2.25. The maximum Gasteiger partial charge on any atom is 0.263 e. The molecule has 5 aromatic rings. The molecule has 0 aliphatic rings. The number of nitrogens with zero attached hydrogens (tertiary/aromatic N) is 3. The van der Waals surface area contributed by atoms with Gasteiger partial charge in [-0.25, -0.2) is 10.1 Å². The van der Waals surface area contributed by atoms with E-state index in [4.69, 9.17) is 11.8 Å². The van der Waals surface area contributed by atoms with Crippen LogP contribution in [0, 0.1) is 17.9 Å². The van der Waals surface area contributed by atoms with Gasteiger partial charge in [0.15, 0.2) is 0 Å². The van der Waals surface area contributed by atoms with Gasteiger partial charge in [-0.15, -0.1) is 22.7 Å². The summed E-state index contributed by atoms with van der Waals surface area (Å²) in [7, 11) is 0. The lowest BCUT2D eigenvalue weighted by Crippen LogP contribution is -2.09. The summed E-state index contributed by atoms with van der Waals surface area (Å²) in [5.41, 5.74) is 3.45. The molecule has 0 aliphatic carbocycles. The largest absolute Gasteiger partial charge is 0.310 e. The Labute approximate surface area is 188 Å². The zero-order chi connectivity index (χ0) is 21.2. The molecule has 0 amide bonds. The summed E-state index contributed by atoms with van der Waals surface area (Å²) in [5.74, 6) is 0. The fraction of sp³-hybridized carbons (Fsp3) is 0. The van der Waals surface area contributed by atoms with Crippen molar-refractivity contribution in [1.82, 2.24) is 0 Å². The third-order valence-electron chi connectivity index (χ3n) is 4.95. The molecule has 2 heterocycles. The molecule has 0 N–H and O–H groups in total. The molecule has 3 aromatic carbocycles. The molecule has 0 unspecified atom stereocenters. The minimum Gasteiger partial charge on any atom is -0.310 e. The zero-order valence-corrected chi connectivity index (χ0v) is 18.0. The minimum atomic E-state index is 0.113. The summed E-state index contributed by atoms with van der Waals surface area (Å²) in [6.07, 6.45) is 1.66. The molecule has 5 heteroatoms. The van der Waals surface area contributed by atoms with E-state index in [0.717, 1.165) is 21.9 Å². The van der Waals surface area contributed by atoms with Gasteiger partial charge in [-0.05, 0) is 48.5 Å². The van der Waals surface area contributed by atoms with E-state index in [2.05, 4.69) is 82.5 Å². The summed E-state index contributed by atoms with van der Waals surface area (Å²) in [6.45, 7) is 7.08. The van der Waals surface area contributed by atoms with Crippen molar-refractivity contribution >= 4 is 65.3 Å². The standard InChI is InChI=1S/C26H15N3S2/c1-28-18(17-27)14-22-16-25-26(30-22)23-13-12-21(15-24(23)31-25)29(19-8-4-2-5-9-19)20-10-6-3-7-11-20/h2-16H/b18-14-. The maximum absolute atomic E-state index is 9.03. The van der Waals surface area contributed by atoms with Crippen LogP contribution in [0.4, 0.5) is 17.1 Å². The highest BCUT2D eigenvalue weighted by Gasteiger charge is 2.15. The Kier molecular flexibility index (Phi) is 4.98. The van der Waals surface area contributed by atoms with Gasteiger partial charge in [0.2, 0.25) is 0 Å². The number of thiophene rings is 2. The highest BCUT2D eigenvalue weighted by atomic mass is 32.1. The van der Waals surface area contributed by atoms with Crippen LogP contribution in [0.15, 0.2) is 90.6 Å². The van der Waals surface area contributed by atoms with Crippen molar-refractivity contribution in [2.45, 2.75) is 0 Å². The first-order chi connectivity index (χ1) is 15.3. The summed E-state index contributed by atoms with van der Waals surface area (Å²) in [6, 6.07) is 31.3. The molecular formula is C26H15N3S2. The predicted octanol–water partition coefficient (Wildman–Crippen LogP) is 8.37. The lowest BCUT2D eigenvalue weighted by molar-refractivity contribution is 1.29. The number of nitriles is 1. The Balaban J connectivity index is 1.62. The molecule has 2 aromatic heterocycles. The highest BCUT2D eigenvalue weighted by Crippen LogP contribution is 2.43. The van der Waals surface area contributed by atoms with E-state index in [9.17, 15) is 0 Å². The normalized spacial score (nSPS) is 11.4. The van der Waals surface area contributed by atoms with Gasteiger partial charge in [0.1, 0.15) is 0 Å². The number of hydrogen-bond acceptors (Lipinski definition) is 4. The van der Waals surface area contributed by atoms with Gasteiger partial charge >= 0.3 is 0 Å². The van der Waals surface area contributed by atoms with Crippen LogP contribution in [0.2, 0.25) is 0 Å². The van der Waals surface area contributed by atoms with Crippen LogP contribution in [0.1, 0.15) is 4.88 Å². The molecular weight excluding hydrogens is 418 g/mol. The molecule has 0 atom stereocenters. The number of anilines is 3. The average Bonchev–Trinajstić information content (AvgIpc) is 3.36. The van der Waals surface area contributed by atoms with Gasteiger partial charge in [0, 0.05) is 36.7 Å². The van der Waals surface area contributed by atoms with Crippen LogP contribution in [-0.2, 0) is 0 Å². The Morgan fingerprint density at radius 3 is 2.13 bits per heavy atom. The maximum atomic E-state index is 9.03. The quantitative estimate of drug-likeness (QED) is 0.211. The summed E-state index contributed by atoms with van der Waals surface area (Å²) in [4.78, 5) is 6.46. The predicted molar refractivity (Wildman–Crippen MR) is 132 cm³/mol. The molecule has 0 fully saturated rings. The van der Waals surface area contributed by atoms with E-state index < -0.39 is 0 Å². The number of rotatable bonds is 4. The average molecular weight is 434 g/mol. The van der Waals surface area contributed by atoms with Crippen molar-refractivity contribution in [2.75, 3.05) is 4.90 Å². The van der Waals surface area contributed by atoms with E-state index in [1.807, 2.05) is 18.2 Å². The third-order valence-corrected chi connectivity index (χ3v) is 7.29. The Morgan fingerprint density at radius 1 is 0.839 bits per heavy atom. The summed E-state index contributed by atoms with van der Waals surface area (Å²) < 4.78 is 3.60. The Morgan fingerprint density at radius 2 is 1.52 bits per heavy atom. The first-order valence-electron chi connectivity index (χ1n) is 9.62. The Bertz CT molecular complexity index is 1440. The number of fused-ring (bicyclic) bond motifs is 3. The second-order valence-electron chi connectivity index (χ2n) is 6.88. The van der Waals surface area contributed by atoms with E-state index >= 15 is 0 Å². The minimum absolute atomic E-state index is 0.113. The van der Waals surface area contributed by atoms with Gasteiger partial charge in [-0.1, -0.05) is 42.5 Å². The van der Waals surface area contributed by atoms with Gasteiger partial charge in [-0.3, -0.25) is 0 Å². The lowest BCUT2D eigenvalue weighted by atomic mass is 10.1. The van der Waals surface area contributed by atoms with Gasteiger partial charge in [0.25, 0.3) is 5.70 Å². The molecule has 0 bridgehead atoms. The number of hydrogen-bond donors (Lipinski definition) is 0. The van der Waals surface area contributed by atoms with Crippen molar-refractivity contribution in [3.63, 3.8) is 0 Å². The third kappa shape index (κ3) is 3.58. The molecule has 3 nitrogen and oxygen atoms in total. The molecule has 31 heavy (non-hydrogen) atoms. The van der Waals surface area contributed by atoms with Crippen LogP contribution in [0.5, 0.6) is 0 Å². The van der Waals surface area contributed by atoms with Crippen LogP contribution in [0.25, 0.3) is 30.4 Å². The molecule has 0 spiro atoms. The van der Waals surface area contributed by atoms with Crippen molar-refractivity contribution in [3.05, 3.63) is 107 Å². The van der Waals surface area contributed by atoms with Crippen LogP contribution in [0.3, 0.4) is 0 Å². The Hall–Kier alpha value is -3.90. The van der Waals surface area contributed by atoms with E-state index in [1.165, 1.54) is 19.5 Å². The van der Waals surface area contributed by atoms with Crippen molar-refractivity contribution in [3.8, 4) is 6.07 Å². The first-order valence-corrected chi connectivity index (χ1v) is 11.3. The summed E-state index contributed by atoms with van der Waals surface area (Å²) in [5, 5.41) is 10.2. The van der Waals surface area contributed by atoms with Crippen LogP contribution < -0.4 is 4.90 Å². The van der Waals surface area contributed by atoms with E-state index in [1.54, 1.807) is 28.7 Å². The van der Waals surface area contributed by atoms with Gasteiger partial charge in [0.05, 0.1) is 17.3 Å². The smallest absolute Gasteiger partial charge is 0.263 e. The van der Waals surface area contributed by atoms with Crippen molar-refractivity contribution in [2.24, 2.45) is 0 Å². The molecule has 146 valence electrons. The number of allylic oxidation sites excluding steroid dienone is 1. The first kappa shape index (κ1) is 19.1. The summed E-state index contributed by atoms with van der Waals surface area (Å²) >= 11 is 3.37. The molecule has 0 saturated carbocycles. The zero-order valence-electron chi connectivity index (χ0n) is 16.3. The van der Waals surface area contributed by atoms with Crippen molar-refractivity contribution in [1.29, 1.82) is 5.26 Å². The monoisotopic (exact) mass is 433 g/mol. The van der Waals surface area contributed by atoms with Crippen LogP contribution in [-0.4, -0.2) is 0 Å². The van der Waals surface area contributed by atoms with Crippen molar-refractivity contribution < 1.29 is 0 Å². The van der Waals surface area contributed by atoms with E-state index in [-0.39, 0.29) is 5.70 Å². The second-order valence-corrected chi connectivity index (χ2v) is 9.05.